The van der Waals surface area contributed by atoms with Gasteiger partial charge in [0, 0.05) is 36.1 Å². The number of hydrogen-bond donors (Lipinski definition) is 4. The number of carbonyl (C=O) groups is 1. The predicted octanol–water partition coefficient (Wildman–Crippen LogP) is 3.07. The minimum absolute atomic E-state index is 0.0110. The van der Waals surface area contributed by atoms with Gasteiger partial charge in [-0.05, 0) is 67.5 Å². The fraction of sp³-hybridized carbons (Fsp3) is 0.480. The van der Waals surface area contributed by atoms with E-state index in [9.17, 15) is 15.0 Å². The van der Waals surface area contributed by atoms with Crippen LogP contribution in [-0.2, 0) is 17.8 Å². The molecule has 0 radical (unpaired) electrons. The van der Waals surface area contributed by atoms with E-state index in [0.29, 0.717) is 18.3 Å². The Balaban J connectivity index is 1.27. The zero-order chi connectivity index (χ0) is 22.5. The van der Waals surface area contributed by atoms with Gasteiger partial charge in [0.2, 0.25) is 5.91 Å². The Morgan fingerprint density at radius 3 is 2.75 bits per heavy atom. The number of rotatable bonds is 7. The van der Waals surface area contributed by atoms with Crippen molar-refractivity contribution >= 4 is 17.3 Å². The number of benzene rings is 2. The second kappa shape index (κ2) is 10.3. The molecule has 1 saturated heterocycles. The molecule has 32 heavy (non-hydrogen) atoms. The number of nitrogens with zero attached hydrogens (tertiary/aromatic N) is 1. The van der Waals surface area contributed by atoms with Crippen molar-refractivity contribution in [2.24, 2.45) is 0 Å². The van der Waals surface area contributed by atoms with E-state index < -0.39 is 0 Å². The van der Waals surface area contributed by atoms with E-state index in [2.05, 4.69) is 15.5 Å². The summed E-state index contributed by atoms with van der Waals surface area (Å²) in [4.78, 5) is 14.8. The molecule has 4 N–H and O–H groups in total. The van der Waals surface area contributed by atoms with Crippen LogP contribution in [-0.4, -0.2) is 53.8 Å². The Morgan fingerprint density at radius 2 is 2.00 bits per heavy atom. The van der Waals surface area contributed by atoms with Gasteiger partial charge in [-0.25, -0.2) is 0 Å². The van der Waals surface area contributed by atoms with E-state index in [-0.39, 0.29) is 18.6 Å². The van der Waals surface area contributed by atoms with Gasteiger partial charge in [0.1, 0.15) is 5.75 Å². The molecule has 2 aliphatic rings. The monoisotopic (exact) mass is 439 g/mol. The lowest BCUT2D eigenvalue weighted by Gasteiger charge is -2.33. The average molecular weight is 440 g/mol. The molecule has 1 aliphatic carbocycles. The van der Waals surface area contributed by atoms with Gasteiger partial charge in [0.05, 0.1) is 26.4 Å². The van der Waals surface area contributed by atoms with Crippen LogP contribution in [0, 0.1) is 0 Å². The fourth-order valence-electron chi connectivity index (χ4n) is 4.78. The lowest BCUT2D eigenvalue weighted by atomic mass is 9.89. The second-order valence-corrected chi connectivity index (χ2v) is 8.71. The van der Waals surface area contributed by atoms with Gasteiger partial charge in [0.25, 0.3) is 0 Å². The van der Waals surface area contributed by atoms with Crippen LogP contribution >= 0.6 is 0 Å². The highest BCUT2D eigenvalue weighted by molar-refractivity contribution is 5.92. The third-order valence-corrected chi connectivity index (χ3v) is 6.53. The molecule has 172 valence electrons. The third-order valence-electron chi connectivity index (χ3n) is 6.53. The van der Waals surface area contributed by atoms with Gasteiger partial charge in [-0.2, -0.15) is 0 Å². The minimum Gasteiger partial charge on any atom is -0.496 e. The molecule has 1 fully saturated rings. The number of carbonyl (C=O) groups excluding carboxylic acids is 1. The molecular weight excluding hydrogens is 406 g/mol. The average Bonchev–Trinajstić information content (AvgIpc) is 2.80. The van der Waals surface area contributed by atoms with E-state index in [4.69, 9.17) is 4.74 Å². The zero-order valence-electron chi connectivity index (χ0n) is 18.6. The van der Waals surface area contributed by atoms with Crippen molar-refractivity contribution in [1.29, 1.82) is 0 Å². The first-order valence-electron chi connectivity index (χ1n) is 11.4. The normalized spacial score (nSPS) is 19.3. The number of amides is 1. The summed E-state index contributed by atoms with van der Waals surface area (Å²) in [5.41, 5.74) is 4.60. The van der Waals surface area contributed by atoms with Crippen molar-refractivity contribution in [3.05, 3.63) is 53.1 Å². The van der Waals surface area contributed by atoms with Crippen molar-refractivity contribution in [2.75, 3.05) is 37.4 Å². The molecule has 7 nitrogen and oxygen atoms in total. The van der Waals surface area contributed by atoms with E-state index in [1.54, 1.807) is 7.11 Å². The molecule has 1 aliphatic heterocycles. The molecule has 7 heteroatoms. The number of aryl methyl sites for hydroxylation is 1. The number of fused-ring (bicyclic) bond motifs is 1. The minimum atomic E-state index is -0.385. The third kappa shape index (κ3) is 5.23. The molecule has 1 amide bonds. The summed E-state index contributed by atoms with van der Waals surface area (Å²) in [5, 5.41) is 26.4. The molecule has 2 aromatic carbocycles. The molecule has 1 heterocycles. The quantitative estimate of drug-likeness (QED) is 0.530. The number of hydrogen-bond acceptors (Lipinski definition) is 6. The number of aliphatic hydroxyl groups excluding tert-OH is 2. The summed E-state index contributed by atoms with van der Waals surface area (Å²) in [6, 6.07) is 11.8. The van der Waals surface area contributed by atoms with E-state index in [0.717, 1.165) is 73.3 Å². The van der Waals surface area contributed by atoms with Crippen molar-refractivity contribution < 1.29 is 19.7 Å². The van der Waals surface area contributed by atoms with Crippen LogP contribution in [0.2, 0.25) is 0 Å². The predicted molar refractivity (Wildman–Crippen MR) is 125 cm³/mol. The van der Waals surface area contributed by atoms with Gasteiger partial charge in [-0.3, -0.25) is 9.69 Å². The van der Waals surface area contributed by atoms with Crippen LogP contribution in [0.4, 0.5) is 11.4 Å². The molecule has 0 spiro atoms. The van der Waals surface area contributed by atoms with E-state index in [1.165, 1.54) is 0 Å². The van der Waals surface area contributed by atoms with Crippen molar-refractivity contribution in [2.45, 2.75) is 50.9 Å². The fourth-order valence-corrected chi connectivity index (χ4v) is 4.78. The van der Waals surface area contributed by atoms with Crippen LogP contribution in [0.15, 0.2) is 36.4 Å². The Kier molecular flexibility index (Phi) is 7.29. The maximum absolute atomic E-state index is 12.6. The summed E-state index contributed by atoms with van der Waals surface area (Å²) < 4.78 is 5.35. The number of nitrogens with one attached hydrogen (secondary N) is 2. The summed E-state index contributed by atoms with van der Waals surface area (Å²) in [7, 11) is 1.61. The summed E-state index contributed by atoms with van der Waals surface area (Å²) >= 11 is 0. The largest absolute Gasteiger partial charge is 0.496 e. The van der Waals surface area contributed by atoms with Crippen LogP contribution in [0.25, 0.3) is 0 Å². The van der Waals surface area contributed by atoms with Crippen molar-refractivity contribution in [1.82, 2.24) is 4.90 Å². The zero-order valence-corrected chi connectivity index (χ0v) is 18.6. The van der Waals surface area contributed by atoms with Crippen molar-refractivity contribution in [3.63, 3.8) is 0 Å². The van der Waals surface area contributed by atoms with Gasteiger partial charge < -0.3 is 25.6 Å². The lowest BCUT2D eigenvalue weighted by Crippen LogP contribution is -2.42. The maximum atomic E-state index is 12.6. The SMILES string of the molecule is COc1cccc(NC2CCN(CC(=O)Nc3ccc4c(c3)CCCC4O)CC2)c1CO. The smallest absolute Gasteiger partial charge is 0.238 e. The molecule has 4 rings (SSSR count). The molecule has 1 atom stereocenters. The van der Waals surface area contributed by atoms with Crippen LogP contribution in [0.3, 0.4) is 0 Å². The first kappa shape index (κ1) is 22.6. The Bertz CT molecular complexity index is 941. The highest BCUT2D eigenvalue weighted by atomic mass is 16.5. The second-order valence-electron chi connectivity index (χ2n) is 8.71. The van der Waals surface area contributed by atoms with Crippen molar-refractivity contribution in [3.8, 4) is 5.75 Å². The number of piperidine rings is 1. The Hall–Kier alpha value is -2.61. The summed E-state index contributed by atoms with van der Waals surface area (Å²) in [6.45, 7) is 1.96. The lowest BCUT2D eigenvalue weighted by molar-refractivity contribution is -0.117. The number of ether oxygens (including phenoxy) is 1. The van der Waals surface area contributed by atoms with E-state index >= 15 is 0 Å². The van der Waals surface area contributed by atoms with Gasteiger partial charge in [0.15, 0.2) is 0 Å². The summed E-state index contributed by atoms with van der Waals surface area (Å²) in [5.74, 6) is 0.673. The topological polar surface area (TPSA) is 94.1 Å². The molecule has 0 saturated carbocycles. The highest BCUT2D eigenvalue weighted by Gasteiger charge is 2.23. The maximum Gasteiger partial charge on any atom is 0.238 e. The van der Waals surface area contributed by atoms with Crippen LogP contribution in [0.1, 0.15) is 48.5 Å². The first-order valence-corrected chi connectivity index (χ1v) is 11.4. The highest BCUT2D eigenvalue weighted by Crippen LogP contribution is 2.31. The standard InChI is InChI=1S/C25H33N3O4/c1-32-24-7-3-5-22(21(24)16-29)26-18-10-12-28(13-11-18)15-25(31)27-19-8-9-20-17(14-19)4-2-6-23(20)30/h3,5,7-9,14,18,23,26,29-30H,2,4,6,10-13,15-16H2,1H3,(H,27,31). The molecule has 1 unspecified atom stereocenters. The molecule has 0 bridgehead atoms. The Labute approximate surface area is 189 Å². The van der Waals surface area contributed by atoms with E-state index in [1.807, 2.05) is 36.4 Å². The number of likely N-dealkylation sites (tertiary alicyclic amines) is 1. The van der Waals surface area contributed by atoms with Gasteiger partial charge >= 0.3 is 0 Å². The molecule has 2 aromatic rings. The van der Waals surface area contributed by atoms with Crippen LogP contribution < -0.4 is 15.4 Å². The number of methoxy groups -OCH3 is 1. The van der Waals surface area contributed by atoms with Crippen LogP contribution in [0.5, 0.6) is 5.75 Å². The molecule has 0 aromatic heterocycles. The Morgan fingerprint density at radius 1 is 1.19 bits per heavy atom. The van der Waals surface area contributed by atoms with Gasteiger partial charge in [-0.1, -0.05) is 12.1 Å². The first-order chi connectivity index (χ1) is 15.6. The van der Waals surface area contributed by atoms with Gasteiger partial charge in [-0.15, -0.1) is 0 Å². The summed E-state index contributed by atoms with van der Waals surface area (Å²) in [6.07, 6.45) is 4.19. The number of aliphatic hydroxyl groups is 2. The number of anilines is 2. The molecular formula is C25H33N3O4.